The highest BCUT2D eigenvalue weighted by atomic mass is 16.7. The van der Waals surface area contributed by atoms with E-state index in [1.54, 1.807) is 26.2 Å². The lowest BCUT2D eigenvalue weighted by atomic mass is 10.1. The Balaban J connectivity index is 4.73. The zero-order valence-electron chi connectivity index (χ0n) is 15.1. The smallest absolute Gasteiger partial charge is 0.408 e. The van der Waals surface area contributed by atoms with Gasteiger partial charge in [-0.15, -0.1) is 0 Å². The Morgan fingerprint density at radius 1 is 1.40 bits per heavy atom. The van der Waals surface area contributed by atoms with Gasteiger partial charge in [-0.1, -0.05) is 5.43 Å². The van der Waals surface area contributed by atoms with Crippen LogP contribution in [0.4, 0.5) is 4.79 Å². The van der Waals surface area contributed by atoms with Crippen LogP contribution in [0.3, 0.4) is 0 Å². The number of hydrazine groups is 1. The summed E-state index contributed by atoms with van der Waals surface area (Å²) in [7, 11) is 2.72. The van der Waals surface area contributed by atoms with Gasteiger partial charge >= 0.3 is 6.09 Å². The molecular formula is C13H26N6O6. The van der Waals surface area contributed by atoms with Crippen molar-refractivity contribution in [2.24, 2.45) is 10.7 Å². The van der Waals surface area contributed by atoms with E-state index in [4.69, 9.17) is 15.3 Å². The molecule has 0 bridgehead atoms. The monoisotopic (exact) mass is 362 g/mol. The first kappa shape index (κ1) is 22.4. The second-order valence-electron chi connectivity index (χ2n) is 6.00. The first-order valence-electron chi connectivity index (χ1n) is 7.48. The summed E-state index contributed by atoms with van der Waals surface area (Å²) >= 11 is 0. The molecule has 0 saturated carbocycles. The Kier molecular flexibility index (Phi) is 9.20. The van der Waals surface area contributed by atoms with Gasteiger partial charge in [0.1, 0.15) is 11.6 Å². The molecule has 144 valence electrons. The maximum absolute atomic E-state index is 12.2. The van der Waals surface area contributed by atoms with E-state index in [9.17, 15) is 19.7 Å². The largest absolute Gasteiger partial charge is 0.444 e. The lowest BCUT2D eigenvalue weighted by molar-refractivity contribution is -0.525. The van der Waals surface area contributed by atoms with Gasteiger partial charge in [0.05, 0.1) is 7.11 Å². The van der Waals surface area contributed by atoms with Crippen molar-refractivity contribution < 1.29 is 24.2 Å². The Labute approximate surface area is 145 Å². The number of hydrogen-bond donors (Lipinski definition) is 3. The van der Waals surface area contributed by atoms with Gasteiger partial charge in [-0.05, 0) is 33.6 Å². The molecule has 0 rings (SSSR count). The number of carbonyl (C=O) groups excluding carboxylic acids is 2. The summed E-state index contributed by atoms with van der Waals surface area (Å²) in [4.78, 5) is 42.8. The molecule has 0 fully saturated rings. The minimum Gasteiger partial charge on any atom is -0.444 e. The quantitative estimate of drug-likeness (QED) is 0.175. The van der Waals surface area contributed by atoms with E-state index in [0.717, 1.165) is 5.06 Å². The van der Waals surface area contributed by atoms with Crippen LogP contribution in [0.5, 0.6) is 0 Å². The van der Waals surface area contributed by atoms with E-state index in [2.05, 4.69) is 10.3 Å². The molecule has 2 amide bonds. The van der Waals surface area contributed by atoms with Crippen LogP contribution in [-0.2, 0) is 14.4 Å². The Hall–Kier alpha value is -2.63. The summed E-state index contributed by atoms with van der Waals surface area (Å²) in [6.07, 6.45) is -0.196. The average Bonchev–Trinajstić information content (AvgIpc) is 2.46. The summed E-state index contributed by atoms with van der Waals surface area (Å²) in [6.45, 7) is 5.22. The fraction of sp³-hybridized carbons (Fsp3) is 0.769. The van der Waals surface area contributed by atoms with E-state index in [1.165, 1.54) is 14.2 Å². The number of carbonyl (C=O) groups is 2. The average molecular weight is 362 g/mol. The third-order valence-electron chi connectivity index (χ3n) is 2.71. The number of rotatable bonds is 8. The maximum atomic E-state index is 12.2. The zero-order valence-corrected chi connectivity index (χ0v) is 15.1. The molecule has 0 aromatic carbocycles. The molecule has 0 aromatic rings. The summed E-state index contributed by atoms with van der Waals surface area (Å²) in [5.74, 6) is -0.823. The standard InChI is InChI=1S/C13H26N6O6/c1-13(2,3)25-12(21)16-9(10(20)18(4)24-5)7-6-8-15-11(14)17-19(22)23/h9H,6-8H2,1-5H3,(H,16,21)(H3,14,15,17). The van der Waals surface area contributed by atoms with Crippen LogP contribution >= 0.6 is 0 Å². The molecule has 1 atom stereocenters. The van der Waals surface area contributed by atoms with Crippen molar-refractivity contribution >= 4 is 18.0 Å². The highest BCUT2D eigenvalue weighted by Gasteiger charge is 2.26. The second-order valence-corrected chi connectivity index (χ2v) is 6.00. The van der Waals surface area contributed by atoms with Crippen molar-refractivity contribution in [3.05, 3.63) is 10.1 Å². The molecule has 0 saturated heterocycles. The van der Waals surface area contributed by atoms with Gasteiger partial charge in [0.15, 0.2) is 5.03 Å². The van der Waals surface area contributed by atoms with Crippen LogP contribution in [0.15, 0.2) is 4.99 Å². The molecule has 0 aliphatic heterocycles. The molecule has 25 heavy (non-hydrogen) atoms. The fourth-order valence-corrected chi connectivity index (χ4v) is 1.64. The topological polar surface area (TPSA) is 161 Å². The van der Waals surface area contributed by atoms with Crippen molar-refractivity contribution in [1.82, 2.24) is 15.8 Å². The minimum atomic E-state index is -0.903. The number of amides is 2. The number of nitro groups is 1. The number of hydrogen-bond acceptors (Lipinski definition) is 7. The normalized spacial score (nSPS) is 12.9. The highest BCUT2D eigenvalue weighted by molar-refractivity contribution is 5.84. The van der Waals surface area contributed by atoms with Crippen LogP contribution in [0.1, 0.15) is 33.6 Å². The molecule has 1 unspecified atom stereocenters. The number of nitrogens with zero attached hydrogens (tertiary/aromatic N) is 3. The summed E-state index contributed by atoms with van der Waals surface area (Å²) < 4.78 is 5.13. The number of ether oxygens (including phenoxy) is 1. The Morgan fingerprint density at radius 2 is 2.00 bits per heavy atom. The Morgan fingerprint density at radius 3 is 2.48 bits per heavy atom. The van der Waals surface area contributed by atoms with E-state index < -0.39 is 28.7 Å². The van der Waals surface area contributed by atoms with Crippen LogP contribution in [0.2, 0.25) is 0 Å². The predicted molar refractivity (Wildman–Crippen MR) is 88.8 cm³/mol. The van der Waals surface area contributed by atoms with Crippen molar-refractivity contribution in [1.29, 1.82) is 0 Å². The molecule has 0 aliphatic rings. The summed E-state index contributed by atoms with van der Waals surface area (Å²) in [5.41, 5.74) is 6.28. The first-order valence-corrected chi connectivity index (χ1v) is 7.48. The lowest BCUT2D eigenvalue weighted by Gasteiger charge is -2.25. The zero-order chi connectivity index (χ0) is 19.6. The molecule has 0 heterocycles. The van der Waals surface area contributed by atoms with Crippen LogP contribution in [0, 0.1) is 10.1 Å². The maximum Gasteiger partial charge on any atom is 0.408 e. The molecule has 0 radical (unpaired) electrons. The van der Waals surface area contributed by atoms with Gasteiger partial charge < -0.3 is 15.8 Å². The number of nitrogens with one attached hydrogen (secondary N) is 2. The number of alkyl carbamates (subject to hydrolysis) is 1. The fourth-order valence-electron chi connectivity index (χ4n) is 1.64. The van der Waals surface area contributed by atoms with Crippen molar-refractivity contribution in [3.63, 3.8) is 0 Å². The number of aliphatic imine (C=N–C) groups is 1. The highest BCUT2D eigenvalue weighted by Crippen LogP contribution is 2.09. The van der Waals surface area contributed by atoms with Gasteiger partial charge in [0.25, 0.3) is 11.9 Å². The predicted octanol–water partition coefficient (Wildman–Crippen LogP) is -0.224. The van der Waals surface area contributed by atoms with Crippen LogP contribution in [-0.4, -0.2) is 60.4 Å². The van der Waals surface area contributed by atoms with E-state index in [0.29, 0.717) is 6.42 Å². The van der Waals surface area contributed by atoms with E-state index >= 15 is 0 Å². The van der Waals surface area contributed by atoms with Gasteiger partial charge in [0, 0.05) is 13.6 Å². The second kappa shape index (κ2) is 10.3. The third kappa shape index (κ3) is 10.7. The molecule has 0 aromatic heterocycles. The molecule has 12 heteroatoms. The molecule has 0 aliphatic carbocycles. The minimum absolute atomic E-state index is 0.128. The van der Waals surface area contributed by atoms with Crippen LogP contribution in [0.25, 0.3) is 0 Å². The Bertz CT molecular complexity index is 504. The molecule has 0 spiro atoms. The number of hydroxylamine groups is 2. The van der Waals surface area contributed by atoms with Gasteiger partial charge in [-0.25, -0.2) is 25.0 Å². The molecule has 12 nitrogen and oxygen atoms in total. The SMILES string of the molecule is CON(C)C(=O)C(CCCN=C(N)N[N+](=O)[O-])NC(=O)OC(C)(C)C. The van der Waals surface area contributed by atoms with Gasteiger partial charge in [-0.2, -0.15) is 0 Å². The van der Waals surface area contributed by atoms with Gasteiger partial charge in [0.2, 0.25) is 0 Å². The number of nitrogens with two attached hydrogens (primary N) is 1. The summed E-state index contributed by atoms with van der Waals surface area (Å²) in [5, 5.41) is 12.8. The lowest BCUT2D eigenvalue weighted by Crippen LogP contribution is -2.48. The molecular weight excluding hydrogens is 336 g/mol. The third-order valence-corrected chi connectivity index (χ3v) is 2.71. The summed E-state index contributed by atoms with van der Waals surface area (Å²) in [6, 6.07) is -0.903. The van der Waals surface area contributed by atoms with Crippen LogP contribution < -0.4 is 16.5 Å². The van der Waals surface area contributed by atoms with E-state index in [1.807, 2.05) is 0 Å². The first-order chi connectivity index (χ1) is 11.5. The van der Waals surface area contributed by atoms with Crippen molar-refractivity contribution in [3.8, 4) is 0 Å². The van der Waals surface area contributed by atoms with Gasteiger partial charge in [-0.3, -0.25) is 9.63 Å². The van der Waals surface area contributed by atoms with Crippen molar-refractivity contribution in [2.45, 2.75) is 45.3 Å². The number of likely N-dealkylation sites (N-methyl/N-ethyl adjacent to an activating group) is 1. The number of guanidine groups is 1. The van der Waals surface area contributed by atoms with E-state index in [-0.39, 0.29) is 18.9 Å². The van der Waals surface area contributed by atoms with Crippen molar-refractivity contribution in [2.75, 3.05) is 20.7 Å². The molecule has 4 N–H and O–H groups in total.